The first-order valence-corrected chi connectivity index (χ1v) is 9.46. The largest absolute Gasteiger partial charge is 0.496 e. The van der Waals surface area contributed by atoms with E-state index >= 15 is 0 Å². The van der Waals surface area contributed by atoms with E-state index in [0.717, 1.165) is 0 Å². The van der Waals surface area contributed by atoms with Crippen molar-refractivity contribution in [2.24, 2.45) is 0 Å². The Hall–Kier alpha value is -2.32. The molecule has 1 N–H and O–H groups in total. The van der Waals surface area contributed by atoms with Gasteiger partial charge < -0.3 is 14.8 Å². The summed E-state index contributed by atoms with van der Waals surface area (Å²) < 4.78 is 36.6. The predicted molar refractivity (Wildman–Crippen MR) is 97.1 cm³/mol. The average molecular weight is 424 g/mol. The molecule has 2 aromatic carbocycles. The van der Waals surface area contributed by atoms with Gasteiger partial charge in [0.05, 0.1) is 19.8 Å². The fourth-order valence-electron chi connectivity index (χ4n) is 2.57. The third-order valence-corrected chi connectivity index (χ3v) is 6.52. The number of carbonyl (C=O) groups excluding carboxylic acids is 1. The molecule has 3 rings (SSSR count). The lowest BCUT2D eigenvalue weighted by molar-refractivity contribution is 0.103. The predicted octanol–water partition coefficient (Wildman–Crippen LogP) is 3.35. The van der Waals surface area contributed by atoms with Gasteiger partial charge in [-0.25, -0.2) is 8.42 Å². The second-order valence-electron chi connectivity index (χ2n) is 5.14. The molecule has 0 unspecified atom stereocenters. The number of methoxy groups -OCH3 is 2. The highest BCUT2D eigenvalue weighted by atomic mass is 79.9. The minimum Gasteiger partial charge on any atom is -0.496 e. The van der Waals surface area contributed by atoms with Crippen molar-refractivity contribution in [3.8, 4) is 11.5 Å². The number of ether oxygens (including phenoxy) is 2. The first-order chi connectivity index (χ1) is 11.9. The van der Waals surface area contributed by atoms with Crippen molar-refractivity contribution >= 4 is 37.2 Å². The summed E-state index contributed by atoms with van der Waals surface area (Å²) in [6, 6.07) is 11.7. The van der Waals surface area contributed by atoms with Gasteiger partial charge in [-0.3, -0.25) is 4.79 Å². The maximum atomic E-state index is 13.2. The van der Waals surface area contributed by atoms with Crippen LogP contribution in [0.3, 0.4) is 0 Å². The van der Waals surface area contributed by atoms with Gasteiger partial charge in [0.25, 0.3) is 0 Å². The number of hydrogen-bond donors (Lipinski definition) is 1. The van der Waals surface area contributed by atoms with Gasteiger partial charge >= 0.3 is 0 Å². The van der Waals surface area contributed by atoms with Gasteiger partial charge in [-0.2, -0.15) is 0 Å². The minimum absolute atomic E-state index is 0.0488. The smallest absolute Gasteiger partial charge is 0.227 e. The van der Waals surface area contributed by atoms with E-state index in [1.54, 1.807) is 30.3 Å². The number of hydrogen-bond acceptors (Lipinski definition) is 6. The van der Waals surface area contributed by atoms with Crippen molar-refractivity contribution in [2.75, 3.05) is 19.5 Å². The maximum absolute atomic E-state index is 13.2. The molecule has 0 saturated carbocycles. The number of benzene rings is 2. The molecule has 25 heavy (non-hydrogen) atoms. The highest BCUT2D eigenvalue weighted by molar-refractivity contribution is 9.12. The van der Waals surface area contributed by atoms with Crippen LogP contribution in [0, 0.1) is 0 Å². The standard InChI is InChI=1S/C17H14BrNO5S/c1-23-11-8-9-12(24-2)16-13(11)15(20)14(18)17(25(16,21)22)19-10-6-4-3-5-7-10/h3-9,19H,1-2H3. The molecule has 0 radical (unpaired) electrons. The number of anilines is 1. The Morgan fingerprint density at radius 2 is 1.56 bits per heavy atom. The Morgan fingerprint density at radius 3 is 2.16 bits per heavy atom. The number of Topliss-reactive ketones (excluding diaryl/α,β-unsaturated/α-hetero) is 1. The molecule has 0 bridgehead atoms. The summed E-state index contributed by atoms with van der Waals surface area (Å²) in [6.45, 7) is 0. The monoisotopic (exact) mass is 423 g/mol. The van der Waals surface area contributed by atoms with Crippen LogP contribution in [0.2, 0.25) is 0 Å². The van der Waals surface area contributed by atoms with Crippen LogP contribution in [-0.4, -0.2) is 28.4 Å². The van der Waals surface area contributed by atoms with E-state index in [9.17, 15) is 13.2 Å². The Morgan fingerprint density at radius 1 is 0.960 bits per heavy atom. The zero-order chi connectivity index (χ0) is 18.2. The molecule has 0 spiro atoms. The van der Waals surface area contributed by atoms with E-state index in [1.165, 1.54) is 26.4 Å². The van der Waals surface area contributed by atoms with Gasteiger partial charge in [0.15, 0.2) is 5.03 Å². The SMILES string of the molecule is COc1ccc(OC)c2c1C(=O)C(Br)=C(Nc1ccccc1)S2(=O)=O. The lowest BCUT2D eigenvalue weighted by atomic mass is 10.1. The van der Waals surface area contributed by atoms with Gasteiger partial charge in [0.1, 0.15) is 20.9 Å². The quantitative estimate of drug-likeness (QED) is 0.811. The number of allylic oxidation sites excluding steroid dienone is 1. The van der Waals surface area contributed by atoms with Crippen LogP contribution in [0.15, 0.2) is 56.9 Å². The van der Waals surface area contributed by atoms with Crippen LogP contribution in [0.5, 0.6) is 11.5 Å². The number of para-hydroxylation sites is 1. The van der Waals surface area contributed by atoms with Crippen LogP contribution < -0.4 is 14.8 Å². The highest BCUT2D eigenvalue weighted by Gasteiger charge is 2.41. The van der Waals surface area contributed by atoms with Gasteiger partial charge in [-0.05, 0) is 40.2 Å². The van der Waals surface area contributed by atoms with Gasteiger partial charge in [0, 0.05) is 5.69 Å². The second-order valence-corrected chi connectivity index (χ2v) is 7.76. The summed E-state index contributed by atoms with van der Waals surface area (Å²) in [5, 5.41) is 2.58. The fraction of sp³-hybridized carbons (Fsp3) is 0.118. The lowest BCUT2D eigenvalue weighted by Gasteiger charge is -2.23. The lowest BCUT2D eigenvalue weighted by Crippen LogP contribution is -2.25. The Kier molecular flexibility index (Phi) is 4.57. The van der Waals surface area contributed by atoms with Gasteiger partial charge in [0.2, 0.25) is 15.6 Å². The Balaban J connectivity index is 2.26. The molecule has 0 saturated heterocycles. The molecule has 0 atom stereocenters. The number of rotatable bonds is 4. The van der Waals surface area contributed by atoms with Crippen LogP contribution in [-0.2, 0) is 9.84 Å². The summed E-state index contributed by atoms with van der Waals surface area (Å²) >= 11 is 3.12. The summed E-state index contributed by atoms with van der Waals surface area (Å²) in [7, 11) is -1.32. The summed E-state index contributed by atoms with van der Waals surface area (Å²) in [6.07, 6.45) is 0. The maximum Gasteiger partial charge on any atom is 0.227 e. The molecule has 2 aromatic rings. The first kappa shape index (κ1) is 17.5. The number of halogens is 1. The molecule has 6 nitrogen and oxygen atoms in total. The average Bonchev–Trinajstić information content (AvgIpc) is 2.63. The molecule has 0 aliphatic carbocycles. The third-order valence-electron chi connectivity index (χ3n) is 3.72. The van der Waals surface area contributed by atoms with E-state index in [4.69, 9.17) is 9.47 Å². The van der Waals surface area contributed by atoms with E-state index in [0.29, 0.717) is 5.69 Å². The molecule has 1 heterocycles. The van der Waals surface area contributed by atoms with Crippen molar-refractivity contribution < 1.29 is 22.7 Å². The second kappa shape index (κ2) is 6.53. The molecule has 0 amide bonds. The number of carbonyl (C=O) groups is 1. The van der Waals surface area contributed by atoms with Gasteiger partial charge in [-0.1, -0.05) is 18.2 Å². The fourth-order valence-corrected chi connectivity index (χ4v) is 5.17. The third kappa shape index (κ3) is 2.81. The van der Waals surface area contributed by atoms with Crippen molar-refractivity contribution in [1.82, 2.24) is 0 Å². The first-order valence-electron chi connectivity index (χ1n) is 7.18. The summed E-state index contributed by atoms with van der Waals surface area (Å²) in [5.41, 5.74) is 0.489. The molecular formula is C17H14BrNO5S. The van der Waals surface area contributed by atoms with Crippen LogP contribution >= 0.6 is 15.9 Å². The van der Waals surface area contributed by atoms with Crippen LogP contribution in [0.4, 0.5) is 5.69 Å². The number of ketones is 1. The molecule has 0 fully saturated rings. The summed E-state index contributed by atoms with van der Waals surface area (Å²) in [4.78, 5) is 12.6. The zero-order valence-corrected chi connectivity index (χ0v) is 15.8. The summed E-state index contributed by atoms with van der Waals surface area (Å²) in [5.74, 6) is -0.254. The normalized spacial score (nSPS) is 15.6. The van der Waals surface area contributed by atoms with Crippen molar-refractivity contribution in [2.45, 2.75) is 4.90 Å². The Bertz CT molecular complexity index is 984. The van der Waals surface area contributed by atoms with Crippen molar-refractivity contribution in [3.63, 3.8) is 0 Å². The minimum atomic E-state index is -4.04. The Labute approximate surface area is 153 Å². The molecule has 1 aliphatic heterocycles. The number of fused-ring (bicyclic) bond motifs is 1. The van der Waals surface area contributed by atoms with Crippen molar-refractivity contribution in [3.05, 3.63) is 57.5 Å². The van der Waals surface area contributed by atoms with Crippen molar-refractivity contribution in [1.29, 1.82) is 0 Å². The van der Waals surface area contributed by atoms with E-state index in [2.05, 4.69) is 21.2 Å². The molecule has 1 aliphatic rings. The molecule has 130 valence electrons. The topological polar surface area (TPSA) is 81.7 Å². The van der Waals surface area contributed by atoms with Gasteiger partial charge in [-0.15, -0.1) is 0 Å². The van der Waals surface area contributed by atoms with E-state index in [1.807, 2.05) is 0 Å². The highest BCUT2D eigenvalue weighted by Crippen LogP contribution is 2.44. The molecule has 0 aromatic heterocycles. The van der Waals surface area contributed by atoms with E-state index in [-0.39, 0.29) is 31.5 Å². The zero-order valence-electron chi connectivity index (χ0n) is 13.4. The molecule has 8 heteroatoms. The van der Waals surface area contributed by atoms with Crippen LogP contribution in [0.25, 0.3) is 0 Å². The molecular weight excluding hydrogens is 410 g/mol. The van der Waals surface area contributed by atoms with Crippen LogP contribution in [0.1, 0.15) is 10.4 Å². The van der Waals surface area contributed by atoms with E-state index < -0.39 is 15.6 Å². The number of sulfone groups is 1. The number of nitrogens with one attached hydrogen (secondary N) is 1.